The van der Waals surface area contributed by atoms with E-state index in [-0.39, 0.29) is 17.4 Å². The summed E-state index contributed by atoms with van der Waals surface area (Å²) in [7, 11) is 1.45. The van der Waals surface area contributed by atoms with Gasteiger partial charge >= 0.3 is 5.69 Å². The molecule has 0 bridgehead atoms. The van der Waals surface area contributed by atoms with E-state index in [4.69, 9.17) is 21.1 Å². The zero-order chi connectivity index (χ0) is 12.8. The molecule has 1 aromatic carbocycles. The van der Waals surface area contributed by atoms with E-state index in [1.807, 2.05) is 6.92 Å². The van der Waals surface area contributed by atoms with Gasteiger partial charge in [-0.15, -0.1) is 11.6 Å². The van der Waals surface area contributed by atoms with Gasteiger partial charge in [0.05, 0.1) is 24.7 Å². The van der Waals surface area contributed by atoms with Crippen LogP contribution in [0.4, 0.5) is 5.69 Å². The molecule has 0 saturated carbocycles. The Balaban J connectivity index is 2.87. The summed E-state index contributed by atoms with van der Waals surface area (Å²) in [5.74, 6) is 1.24. The molecule has 17 heavy (non-hydrogen) atoms. The van der Waals surface area contributed by atoms with Gasteiger partial charge in [0, 0.05) is 11.8 Å². The molecule has 0 heterocycles. The highest BCUT2D eigenvalue weighted by Crippen LogP contribution is 2.31. The van der Waals surface area contributed by atoms with E-state index in [0.29, 0.717) is 18.2 Å². The monoisotopic (exact) mass is 259 g/mol. The predicted molar refractivity (Wildman–Crippen MR) is 65.0 cm³/mol. The van der Waals surface area contributed by atoms with Gasteiger partial charge in [0.25, 0.3) is 0 Å². The van der Waals surface area contributed by atoms with Gasteiger partial charge in [-0.05, 0) is 12.1 Å². The van der Waals surface area contributed by atoms with Crippen LogP contribution in [0.1, 0.15) is 6.92 Å². The number of nitrogens with zero attached hydrogens (tertiary/aromatic N) is 1. The van der Waals surface area contributed by atoms with Crippen LogP contribution in [-0.4, -0.2) is 24.5 Å². The Kier molecular flexibility index (Phi) is 5.03. The van der Waals surface area contributed by atoms with Gasteiger partial charge in [0.15, 0.2) is 5.75 Å². The molecule has 1 aromatic rings. The highest BCUT2D eigenvalue weighted by molar-refractivity contribution is 6.18. The van der Waals surface area contributed by atoms with Crippen molar-refractivity contribution < 1.29 is 14.4 Å². The van der Waals surface area contributed by atoms with Gasteiger partial charge in [-0.2, -0.15) is 0 Å². The Morgan fingerprint density at radius 2 is 2.24 bits per heavy atom. The Bertz CT molecular complexity index is 397. The molecule has 94 valence electrons. The van der Waals surface area contributed by atoms with E-state index in [1.54, 1.807) is 6.07 Å². The van der Waals surface area contributed by atoms with Crippen molar-refractivity contribution in [2.24, 2.45) is 5.92 Å². The maximum atomic E-state index is 10.8. The molecular formula is C11H14ClNO4. The summed E-state index contributed by atoms with van der Waals surface area (Å²) in [4.78, 5) is 10.4. The fourth-order valence-electron chi connectivity index (χ4n) is 1.17. The second kappa shape index (κ2) is 6.30. The second-order valence-electron chi connectivity index (χ2n) is 3.66. The first-order valence-electron chi connectivity index (χ1n) is 5.09. The average Bonchev–Trinajstić information content (AvgIpc) is 2.35. The Morgan fingerprint density at radius 3 is 2.76 bits per heavy atom. The molecule has 0 amide bonds. The Hall–Kier alpha value is -1.49. The number of ether oxygens (including phenoxy) is 2. The summed E-state index contributed by atoms with van der Waals surface area (Å²) in [6.07, 6.45) is 0. The smallest absolute Gasteiger partial charge is 0.314 e. The van der Waals surface area contributed by atoms with Crippen LogP contribution >= 0.6 is 11.6 Å². The molecule has 0 fully saturated rings. The zero-order valence-corrected chi connectivity index (χ0v) is 10.4. The lowest BCUT2D eigenvalue weighted by atomic mass is 10.2. The van der Waals surface area contributed by atoms with Gasteiger partial charge < -0.3 is 9.47 Å². The van der Waals surface area contributed by atoms with Crippen molar-refractivity contribution in [2.45, 2.75) is 6.92 Å². The third-order valence-corrected chi connectivity index (χ3v) is 2.68. The fraction of sp³-hybridized carbons (Fsp3) is 0.455. The lowest BCUT2D eigenvalue weighted by Gasteiger charge is -2.10. The van der Waals surface area contributed by atoms with Gasteiger partial charge in [-0.25, -0.2) is 0 Å². The van der Waals surface area contributed by atoms with Crippen molar-refractivity contribution in [3.05, 3.63) is 28.3 Å². The topological polar surface area (TPSA) is 61.6 Å². The van der Waals surface area contributed by atoms with E-state index < -0.39 is 4.92 Å². The predicted octanol–water partition coefficient (Wildman–Crippen LogP) is 2.86. The van der Waals surface area contributed by atoms with Crippen LogP contribution in [0.5, 0.6) is 11.5 Å². The Morgan fingerprint density at radius 1 is 1.53 bits per heavy atom. The lowest BCUT2D eigenvalue weighted by Crippen LogP contribution is -2.10. The molecule has 0 saturated heterocycles. The SMILES string of the molecule is COc1ccc(OCC(C)CCl)c([N+](=O)[O-])c1. The van der Waals surface area contributed by atoms with E-state index in [1.165, 1.54) is 19.2 Å². The molecule has 0 radical (unpaired) electrons. The molecule has 1 rings (SSSR count). The van der Waals surface area contributed by atoms with Crippen LogP contribution < -0.4 is 9.47 Å². The first-order valence-corrected chi connectivity index (χ1v) is 5.63. The molecule has 1 atom stereocenters. The fourth-order valence-corrected chi connectivity index (χ4v) is 1.25. The number of methoxy groups -OCH3 is 1. The van der Waals surface area contributed by atoms with E-state index in [0.717, 1.165) is 0 Å². The minimum absolute atomic E-state index is 0.105. The Labute approximate surface area is 104 Å². The molecule has 0 spiro atoms. The lowest BCUT2D eigenvalue weighted by molar-refractivity contribution is -0.386. The van der Waals surface area contributed by atoms with Crippen LogP contribution in [0, 0.1) is 16.0 Å². The van der Waals surface area contributed by atoms with Crippen molar-refractivity contribution >= 4 is 17.3 Å². The third kappa shape index (κ3) is 3.78. The zero-order valence-electron chi connectivity index (χ0n) is 9.68. The minimum Gasteiger partial charge on any atom is -0.496 e. The number of halogens is 1. The molecule has 0 aliphatic heterocycles. The van der Waals surface area contributed by atoms with Crippen LogP contribution in [0.2, 0.25) is 0 Å². The van der Waals surface area contributed by atoms with Gasteiger partial charge in [0.1, 0.15) is 5.75 Å². The van der Waals surface area contributed by atoms with Gasteiger partial charge in [-0.3, -0.25) is 10.1 Å². The summed E-state index contributed by atoms with van der Waals surface area (Å²) < 4.78 is 10.3. The second-order valence-corrected chi connectivity index (χ2v) is 3.97. The van der Waals surface area contributed by atoms with Crippen molar-refractivity contribution in [3.63, 3.8) is 0 Å². The first kappa shape index (κ1) is 13.6. The highest BCUT2D eigenvalue weighted by atomic mass is 35.5. The van der Waals surface area contributed by atoms with Crippen LogP contribution in [0.3, 0.4) is 0 Å². The molecule has 1 unspecified atom stereocenters. The quantitative estimate of drug-likeness (QED) is 0.448. The summed E-state index contributed by atoms with van der Waals surface area (Å²) in [6.45, 7) is 2.25. The highest BCUT2D eigenvalue weighted by Gasteiger charge is 2.17. The normalized spacial score (nSPS) is 11.9. The molecule has 0 aliphatic rings. The largest absolute Gasteiger partial charge is 0.496 e. The van der Waals surface area contributed by atoms with Crippen LogP contribution in [0.15, 0.2) is 18.2 Å². The van der Waals surface area contributed by atoms with Gasteiger partial charge in [-0.1, -0.05) is 6.92 Å². The summed E-state index contributed by atoms with van der Waals surface area (Å²) in [5, 5.41) is 10.8. The molecule has 5 nitrogen and oxygen atoms in total. The van der Waals surface area contributed by atoms with Gasteiger partial charge in [0.2, 0.25) is 0 Å². The van der Waals surface area contributed by atoms with E-state index in [2.05, 4.69) is 0 Å². The molecule has 0 aromatic heterocycles. The van der Waals surface area contributed by atoms with Crippen molar-refractivity contribution in [1.82, 2.24) is 0 Å². The standard InChI is InChI=1S/C11H14ClNO4/c1-8(6-12)7-17-11-4-3-9(16-2)5-10(11)13(14)15/h3-5,8H,6-7H2,1-2H3. The van der Waals surface area contributed by atoms with Crippen molar-refractivity contribution in [2.75, 3.05) is 19.6 Å². The molecule has 0 N–H and O–H groups in total. The van der Waals surface area contributed by atoms with Crippen molar-refractivity contribution in [1.29, 1.82) is 0 Å². The third-order valence-electron chi connectivity index (χ3n) is 2.15. The molecular weight excluding hydrogens is 246 g/mol. The molecule has 6 heteroatoms. The summed E-state index contributed by atoms with van der Waals surface area (Å²) in [6, 6.07) is 4.48. The van der Waals surface area contributed by atoms with Crippen LogP contribution in [-0.2, 0) is 0 Å². The number of benzene rings is 1. The van der Waals surface area contributed by atoms with Crippen LogP contribution in [0.25, 0.3) is 0 Å². The number of nitro benzene ring substituents is 1. The summed E-state index contributed by atoms with van der Waals surface area (Å²) >= 11 is 5.63. The number of nitro groups is 1. The first-order chi connectivity index (χ1) is 8.08. The number of hydrogen-bond acceptors (Lipinski definition) is 4. The van der Waals surface area contributed by atoms with Crippen molar-refractivity contribution in [3.8, 4) is 11.5 Å². The number of rotatable bonds is 6. The van der Waals surface area contributed by atoms with E-state index in [9.17, 15) is 10.1 Å². The molecule has 0 aliphatic carbocycles. The average molecular weight is 260 g/mol. The maximum absolute atomic E-state index is 10.8. The summed E-state index contributed by atoms with van der Waals surface area (Å²) in [5.41, 5.74) is -0.105. The number of hydrogen-bond donors (Lipinski definition) is 0. The minimum atomic E-state index is -0.497. The maximum Gasteiger partial charge on any atom is 0.314 e. The van der Waals surface area contributed by atoms with E-state index >= 15 is 0 Å². The number of alkyl halides is 1.